The van der Waals surface area contributed by atoms with E-state index in [0.717, 1.165) is 18.2 Å². The summed E-state index contributed by atoms with van der Waals surface area (Å²) in [5.41, 5.74) is 1.25. The number of halogens is 1. The highest BCUT2D eigenvalue weighted by Crippen LogP contribution is 2.38. The molecular weight excluding hydrogens is 250 g/mol. The second-order valence-corrected chi connectivity index (χ2v) is 5.70. The molecule has 96 valence electrons. The second-order valence-electron chi connectivity index (χ2n) is 5.30. The molecule has 0 atom stereocenters. The Balaban J connectivity index is 1.84. The smallest absolute Gasteiger partial charge is 0.337 e. The molecular formula is C14H16ClNO2. The fourth-order valence-electron chi connectivity index (χ4n) is 2.29. The SMILES string of the molecule is O=C(O)c1ccc(N(CC2CC2)C2CC2)cc1Cl. The molecule has 0 aliphatic heterocycles. The second kappa shape index (κ2) is 4.47. The molecule has 2 fully saturated rings. The largest absolute Gasteiger partial charge is 0.478 e. The molecule has 2 aliphatic rings. The van der Waals surface area contributed by atoms with Gasteiger partial charge in [0.15, 0.2) is 0 Å². The molecule has 0 saturated heterocycles. The third-order valence-corrected chi connectivity index (χ3v) is 3.97. The first kappa shape index (κ1) is 11.8. The highest BCUT2D eigenvalue weighted by molar-refractivity contribution is 6.33. The van der Waals surface area contributed by atoms with Crippen molar-refractivity contribution in [1.82, 2.24) is 0 Å². The number of carboxylic acid groups (broad SMARTS) is 1. The van der Waals surface area contributed by atoms with Crippen molar-refractivity contribution in [2.45, 2.75) is 31.7 Å². The summed E-state index contributed by atoms with van der Waals surface area (Å²) in [6.45, 7) is 1.09. The molecule has 1 N–H and O–H groups in total. The summed E-state index contributed by atoms with van der Waals surface area (Å²) in [6, 6.07) is 5.93. The monoisotopic (exact) mass is 265 g/mol. The van der Waals surface area contributed by atoms with Crippen molar-refractivity contribution >= 4 is 23.3 Å². The maximum Gasteiger partial charge on any atom is 0.337 e. The van der Waals surface area contributed by atoms with Gasteiger partial charge in [0, 0.05) is 18.3 Å². The standard InChI is InChI=1S/C14H16ClNO2/c15-13-7-11(5-6-12(13)14(17)18)16(10-3-4-10)8-9-1-2-9/h5-7,9-10H,1-4,8H2,(H,17,18). The molecule has 0 aromatic heterocycles. The van der Waals surface area contributed by atoms with Crippen LogP contribution >= 0.6 is 11.6 Å². The van der Waals surface area contributed by atoms with E-state index >= 15 is 0 Å². The average molecular weight is 266 g/mol. The van der Waals surface area contributed by atoms with Gasteiger partial charge in [0.25, 0.3) is 0 Å². The van der Waals surface area contributed by atoms with Crippen LogP contribution in [0.2, 0.25) is 5.02 Å². The average Bonchev–Trinajstić information content (AvgIpc) is 3.18. The highest BCUT2D eigenvalue weighted by Gasteiger charge is 2.34. The number of rotatable bonds is 5. The molecule has 1 aromatic carbocycles. The van der Waals surface area contributed by atoms with Crippen LogP contribution in [0, 0.1) is 5.92 Å². The minimum Gasteiger partial charge on any atom is -0.478 e. The molecule has 2 aliphatic carbocycles. The van der Waals surface area contributed by atoms with E-state index in [4.69, 9.17) is 16.7 Å². The summed E-state index contributed by atoms with van der Waals surface area (Å²) < 4.78 is 0. The van der Waals surface area contributed by atoms with Crippen molar-refractivity contribution in [1.29, 1.82) is 0 Å². The van der Waals surface area contributed by atoms with Crippen LogP contribution in [0.15, 0.2) is 18.2 Å². The topological polar surface area (TPSA) is 40.5 Å². The molecule has 0 bridgehead atoms. The Labute approximate surface area is 111 Å². The number of hydrogen-bond acceptors (Lipinski definition) is 2. The van der Waals surface area contributed by atoms with Gasteiger partial charge in [-0.25, -0.2) is 4.79 Å². The Hall–Kier alpha value is -1.22. The molecule has 0 amide bonds. The van der Waals surface area contributed by atoms with Gasteiger partial charge in [0.2, 0.25) is 0 Å². The van der Waals surface area contributed by atoms with Crippen LogP contribution in [0.25, 0.3) is 0 Å². The van der Waals surface area contributed by atoms with E-state index in [2.05, 4.69) is 4.90 Å². The molecule has 0 spiro atoms. The van der Waals surface area contributed by atoms with E-state index in [-0.39, 0.29) is 5.56 Å². The molecule has 0 heterocycles. The van der Waals surface area contributed by atoms with E-state index in [1.54, 1.807) is 12.1 Å². The van der Waals surface area contributed by atoms with Crippen LogP contribution in [0.4, 0.5) is 5.69 Å². The lowest BCUT2D eigenvalue weighted by atomic mass is 10.2. The van der Waals surface area contributed by atoms with Crippen LogP contribution in [-0.4, -0.2) is 23.7 Å². The lowest BCUT2D eigenvalue weighted by molar-refractivity contribution is 0.0697. The summed E-state index contributed by atoms with van der Waals surface area (Å²) in [4.78, 5) is 13.3. The van der Waals surface area contributed by atoms with E-state index in [9.17, 15) is 4.79 Å². The van der Waals surface area contributed by atoms with E-state index < -0.39 is 5.97 Å². The zero-order valence-corrected chi connectivity index (χ0v) is 10.9. The number of aromatic carboxylic acids is 1. The third-order valence-electron chi connectivity index (χ3n) is 3.65. The minimum atomic E-state index is -0.966. The first-order chi connectivity index (χ1) is 8.65. The molecule has 0 unspecified atom stereocenters. The lowest BCUT2D eigenvalue weighted by Gasteiger charge is -2.25. The van der Waals surface area contributed by atoms with Gasteiger partial charge in [0.05, 0.1) is 10.6 Å². The fourth-order valence-corrected chi connectivity index (χ4v) is 2.54. The van der Waals surface area contributed by atoms with Crippen molar-refractivity contribution in [3.8, 4) is 0 Å². The van der Waals surface area contributed by atoms with E-state index in [1.165, 1.54) is 25.7 Å². The van der Waals surface area contributed by atoms with E-state index in [1.807, 2.05) is 6.07 Å². The van der Waals surface area contributed by atoms with Gasteiger partial charge in [-0.2, -0.15) is 0 Å². The zero-order chi connectivity index (χ0) is 12.7. The fraction of sp³-hybridized carbons (Fsp3) is 0.500. The summed E-state index contributed by atoms with van der Waals surface area (Å²) >= 11 is 6.04. The highest BCUT2D eigenvalue weighted by atomic mass is 35.5. The zero-order valence-electron chi connectivity index (χ0n) is 10.1. The predicted octanol–water partition coefficient (Wildman–Crippen LogP) is 3.42. The van der Waals surface area contributed by atoms with Crippen LogP contribution in [-0.2, 0) is 0 Å². The van der Waals surface area contributed by atoms with Gasteiger partial charge < -0.3 is 10.0 Å². The van der Waals surface area contributed by atoms with Gasteiger partial charge in [-0.3, -0.25) is 0 Å². The van der Waals surface area contributed by atoms with Crippen molar-refractivity contribution in [2.75, 3.05) is 11.4 Å². The van der Waals surface area contributed by atoms with Gasteiger partial charge in [-0.05, 0) is 49.8 Å². The van der Waals surface area contributed by atoms with Crippen molar-refractivity contribution in [2.24, 2.45) is 5.92 Å². The molecule has 4 heteroatoms. The van der Waals surface area contributed by atoms with Gasteiger partial charge in [0.1, 0.15) is 0 Å². The van der Waals surface area contributed by atoms with Crippen LogP contribution in [0.1, 0.15) is 36.0 Å². The Morgan fingerprint density at radius 2 is 2.06 bits per heavy atom. The van der Waals surface area contributed by atoms with Crippen LogP contribution in [0.3, 0.4) is 0 Å². The molecule has 2 saturated carbocycles. The quantitative estimate of drug-likeness (QED) is 0.887. The number of anilines is 1. The molecule has 3 nitrogen and oxygen atoms in total. The number of hydrogen-bond donors (Lipinski definition) is 1. The summed E-state index contributed by atoms with van der Waals surface area (Å²) in [5.74, 6) is -0.143. The van der Waals surface area contributed by atoms with Crippen LogP contribution < -0.4 is 4.90 Å². The number of nitrogens with zero attached hydrogens (tertiary/aromatic N) is 1. The normalized spacial score (nSPS) is 18.7. The summed E-state index contributed by atoms with van der Waals surface area (Å²) in [5, 5.41) is 9.31. The molecule has 18 heavy (non-hydrogen) atoms. The number of carboxylic acids is 1. The van der Waals surface area contributed by atoms with Crippen molar-refractivity contribution < 1.29 is 9.90 Å². The Kier molecular flexibility index (Phi) is 2.94. The Morgan fingerprint density at radius 3 is 2.56 bits per heavy atom. The van der Waals surface area contributed by atoms with Crippen LogP contribution in [0.5, 0.6) is 0 Å². The van der Waals surface area contributed by atoms with Gasteiger partial charge in [-0.1, -0.05) is 11.6 Å². The summed E-state index contributed by atoms with van der Waals surface area (Å²) in [6.07, 6.45) is 5.13. The maximum atomic E-state index is 10.9. The third kappa shape index (κ3) is 2.46. The van der Waals surface area contributed by atoms with Crippen molar-refractivity contribution in [3.63, 3.8) is 0 Å². The van der Waals surface area contributed by atoms with E-state index in [0.29, 0.717) is 11.1 Å². The molecule has 1 aromatic rings. The van der Waals surface area contributed by atoms with Crippen molar-refractivity contribution in [3.05, 3.63) is 28.8 Å². The summed E-state index contributed by atoms with van der Waals surface area (Å²) in [7, 11) is 0. The lowest BCUT2D eigenvalue weighted by Crippen LogP contribution is -2.28. The molecule has 0 radical (unpaired) electrons. The van der Waals surface area contributed by atoms with Gasteiger partial charge >= 0.3 is 5.97 Å². The first-order valence-corrected chi connectivity index (χ1v) is 6.82. The number of benzene rings is 1. The molecule has 3 rings (SSSR count). The predicted molar refractivity (Wildman–Crippen MR) is 71.5 cm³/mol. The van der Waals surface area contributed by atoms with Gasteiger partial charge in [-0.15, -0.1) is 0 Å². The first-order valence-electron chi connectivity index (χ1n) is 6.44. The Morgan fingerprint density at radius 1 is 1.33 bits per heavy atom. The Bertz CT molecular complexity index is 481. The maximum absolute atomic E-state index is 10.9. The minimum absolute atomic E-state index is 0.183. The number of carbonyl (C=O) groups is 1.